The molecule has 0 radical (unpaired) electrons. The predicted molar refractivity (Wildman–Crippen MR) is 57.8 cm³/mol. The van der Waals surface area contributed by atoms with Crippen LogP contribution < -0.4 is 0 Å². The standard InChI is InChI=1S/C11H8ClN3/c12-6-9-1-2-11(10(5-9)7-13)15-4-3-14-8-15/h1-5,8H,6H2. The molecule has 0 spiro atoms. The third kappa shape index (κ3) is 1.85. The first-order valence-corrected chi connectivity index (χ1v) is 4.96. The Bertz CT molecular complexity index is 497. The van der Waals surface area contributed by atoms with E-state index in [2.05, 4.69) is 11.1 Å². The molecule has 4 heteroatoms. The van der Waals surface area contributed by atoms with Crippen molar-refractivity contribution in [2.24, 2.45) is 0 Å². The number of rotatable bonds is 2. The molecule has 0 amide bonds. The van der Waals surface area contributed by atoms with Crippen molar-refractivity contribution in [3.8, 4) is 11.8 Å². The summed E-state index contributed by atoms with van der Waals surface area (Å²) in [5, 5.41) is 9.01. The molecule has 74 valence electrons. The Balaban J connectivity index is 2.54. The SMILES string of the molecule is N#Cc1cc(CCl)ccc1-n1ccnc1. The van der Waals surface area contributed by atoms with Gasteiger partial charge in [0.25, 0.3) is 0 Å². The second-order valence-electron chi connectivity index (χ2n) is 3.07. The van der Waals surface area contributed by atoms with Crippen molar-refractivity contribution in [2.75, 3.05) is 0 Å². The van der Waals surface area contributed by atoms with E-state index in [4.69, 9.17) is 16.9 Å². The van der Waals surface area contributed by atoms with Crippen LogP contribution in [0, 0.1) is 11.3 Å². The lowest BCUT2D eigenvalue weighted by Gasteiger charge is -2.05. The topological polar surface area (TPSA) is 41.6 Å². The lowest BCUT2D eigenvalue weighted by molar-refractivity contribution is 1.05. The molecule has 0 aliphatic rings. The first-order valence-electron chi connectivity index (χ1n) is 4.42. The lowest BCUT2D eigenvalue weighted by atomic mass is 10.1. The van der Waals surface area contributed by atoms with Crippen molar-refractivity contribution in [2.45, 2.75) is 5.88 Å². The molecule has 0 saturated carbocycles. The number of halogens is 1. The van der Waals surface area contributed by atoms with E-state index >= 15 is 0 Å². The van der Waals surface area contributed by atoms with Gasteiger partial charge in [0.1, 0.15) is 6.07 Å². The van der Waals surface area contributed by atoms with Gasteiger partial charge in [0.15, 0.2) is 0 Å². The second-order valence-corrected chi connectivity index (χ2v) is 3.33. The van der Waals surface area contributed by atoms with Gasteiger partial charge in [0, 0.05) is 18.3 Å². The molecule has 0 fully saturated rings. The molecule has 15 heavy (non-hydrogen) atoms. The zero-order chi connectivity index (χ0) is 10.7. The van der Waals surface area contributed by atoms with E-state index in [1.54, 1.807) is 29.4 Å². The quantitative estimate of drug-likeness (QED) is 0.726. The van der Waals surface area contributed by atoms with E-state index in [0.29, 0.717) is 11.4 Å². The Morgan fingerprint density at radius 1 is 1.47 bits per heavy atom. The first-order chi connectivity index (χ1) is 7.35. The third-order valence-electron chi connectivity index (χ3n) is 2.12. The molecule has 2 rings (SSSR count). The van der Waals surface area contributed by atoms with Crippen LogP contribution in [0.1, 0.15) is 11.1 Å². The second kappa shape index (κ2) is 4.16. The van der Waals surface area contributed by atoms with Crippen molar-refractivity contribution in [1.29, 1.82) is 5.26 Å². The third-order valence-corrected chi connectivity index (χ3v) is 2.43. The van der Waals surface area contributed by atoms with E-state index in [1.807, 2.05) is 12.1 Å². The van der Waals surface area contributed by atoms with E-state index in [9.17, 15) is 0 Å². The molecule has 0 unspecified atom stereocenters. The molecule has 0 bridgehead atoms. The molecule has 1 heterocycles. The molecule has 0 N–H and O–H groups in total. The van der Waals surface area contributed by atoms with Crippen LogP contribution >= 0.6 is 11.6 Å². The summed E-state index contributed by atoms with van der Waals surface area (Å²) in [4.78, 5) is 3.94. The summed E-state index contributed by atoms with van der Waals surface area (Å²) in [6.07, 6.45) is 5.14. The van der Waals surface area contributed by atoms with Crippen LogP contribution in [0.3, 0.4) is 0 Å². The zero-order valence-electron chi connectivity index (χ0n) is 7.89. The fourth-order valence-electron chi connectivity index (χ4n) is 1.38. The lowest BCUT2D eigenvalue weighted by Crippen LogP contribution is -1.95. The fourth-order valence-corrected chi connectivity index (χ4v) is 1.55. The zero-order valence-corrected chi connectivity index (χ0v) is 8.65. The number of nitriles is 1. The van der Waals surface area contributed by atoms with Crippen molar-refractivity contribution < 1.29 is 0 Å². The number of hydrogen-bond donors (Lipinski definition) is 0. The number of nitrogens with zero attached hydrogens (tertiary/aromatic N) is 3. The highest BCUT2D eigenvalue weighted by atomic mass is 35.5. The smallest absolute Gasteiger partial charge is 0.101 e. The highest BCUT2D eigenvalue weighted by Crippen LogP contribution is 2.16. The number of imidazole rings is 1. The maximum absolute atomic E-state index is 9.01. The average molecular weight is 218 g/mol. The average Bonchev–Trinajstić information content (AvgIpc) is 2.81. The van der Waals surface area contributed by atoms with Crippen LogP contribution in [0.25, 0.3) is 5.69 Å². The highest BCUT2D eigenvalue weighted by molar-refractivity contribution is 6.17. The molecular formula is C11H8ClN3. The van der Waals surface area contributed by atoms with Gasteiger partial charge >= 0.3 is 0 Å². The van der Waals surface area contributed by atoms with Gasteiger partial charge in [-0.1, -0.05) is 6.07 Å². The van der Waals surface area contributed by atoms with Crippen molar-refractivity contribution in [3.63, 3.8) is 0 Å². The van der Waals surface area contributed by atoms with Gasteiger partial charge in [-0.15, -0.1) is 11.6 Å². The molecule has 1 aromatic heterocycles. The van der Waals surface area contributed by atoms with Gasteiger partial charge in [-0.2, -0.15) is 5.26 Å². The van der Waals surface area contributed by atoms with Crippen LogP contribution in [0.4, 0.5) is 0 Å². The number of alkyl halides is 1. The first kappa shape index (κ1) is 9.75. The van der Waals surface area contributed by atoms with Crippen molar-refractivity contribution in [1.82, 2.24) is 9.55 Å². The molecule has 0 saturated heterocycles. The van der Waals surface area contributed by atoms with Gasteiger partial charge < -0.3 is 4.57 Å². The van der Waals surface area contributed by atoms with Gasteiger partial charge in [-0.25, -0.2) is 4.98 Å². The maximum atomic E-state index is 9.01. The molecule has 2 aromatic rings. The summed E-state index contributed by atoms with van der Waals surface area (Å²) in [5.74, 6) is 0.416. The molecule has 1 aromatic carbocycles. The Kier molecular flexibility index (Phi) is 2.70. The van der Waals surface area contributed by atoms with Crippen molar-refractivity contribution >= 4 is 11.6 Å². The number of aromatic nitrogens is 2. The summed E-state index contributed by atoms with van der Waals surface area (Å²) < 4.78 is 1.80. The van der Waals surface area contributed by atoms with Crippen LogP contribution in [0.15, 0.2) is 36.9 Å². The largest absolute Gasteiger partial charge is 0.305 e. The van der Waals surface area contributed by atoms with E-state index in [-0.39, 0.29) is 0 Å². The molecule has 0 aliphatic heterocycles. The van der Waals surface area contributed by atoms with Crippen LogP contribution in [-0.2, 0) is 5.88 Å². The normalized spacial score (nSPS) is 9.87. The van der Waals surface area contributed by atoms with Gasteiger partial charge in [0.05, 0.1) is 17.6 Å². The monoisotopic (exact) mass is 217 g/mol. The summed E-state index contributed by atoms with van der Waals surface area (Å²) >= 11 is 5.70. The Hall–Kier alpha value is -1.79. The maximum Gasteiger partial charge on any atom is 0.101 e. The van der Waals surface area contributed by atoms with Crippen LogP contribution in [0.5, 0.6) is 0 Å². The summed E-state index contributed by atoms with van der Waals surface area (Å²) in [5.41, 5.74) is 2.37. The van der Waals surface area contributed by atoms with Gasteiger partial charge in [-0.05, 0) is 17.7 Å². The molecule has 0 atom stereocenters. The van der Waals surface area contributed by atoms with Crippen LogP contribution in [0.2, 0.25) is 0 Å². The number of benzene rings is 1. The predicted octanol–water partition coefficient (Wildman–Crippen LogP) is 2.48. The van der Waals surface area contributed by atoms with Crippen molar-refractivity contribution in [3.05, 3.63) is 48.0 Å². The fraction of sp³-hybridized carbons (Fsp3) is 0.0909. The Labute approximate surface area is 92.6 Å². The van der Waals surface area contributed by atoms with Crippen LogP contribution in [-0.4, -0.2) is 9.55 Å². The molecule has 3 nitrogen and oxygen atoms in total. The van der Waals surface area contributed by atoms with Gasteiger partial charge in [0.2, 0.25) is 0 Å². The summed E-state index contributed by atoms with van der Waals surface area (Å²) in [6.45, 7) is 0. The minimum atomic E-state index is 0.416. The molecule has 0 aliphatic carbocycles. The number of hydrogen-bond acceptors (Lipinski definition) is 2. The minimum absolute atomic E-state index is 0.416. The van der Waals surface area contributed by atoms with E-state index in [0.717, 1.165) is 11.3 Å². The van der Waals surface area contributed by atoms with E-state index < -0.39 is 0 Å². The minimum Gasteiger partial charge on any atom is -0.305 e. The summed E-state index contributed by atoms with van der Waals surface area (Å²) in [6, 6.07) is 7.72. The van der Waals surface area contributed by atoms with E-state index in [1.165, 1.54) is 0 Å². The Morgan fingerprint density at radius 2 is 2.33 bits per heavy atom. The highest BCUT2D eigenvalue weighted by Gasteiger charge is 2.04. The van der Waals surface area contributed by atoms with Gasteiger partial charge in [-0.3, -0.25) is 0 Å². The molecular weight excluding hydrogens is 210 g/mol. The Morgan fingerprint density at radius 3 is 2.93 bits per heavy atom. The summed E-state index contributed by atoms with van der Waals surface area (Å²) in [7, 11) is 0.